The number of nitrogens with zero attached hydrogens (tertiary/aromatic N) is 2. The number of oxime groups is 2. The molecule has 0 aliphatic rings. The van der Waals surface area contributed by atoms with E-state index in [1.165, 1.54) is 26.4 Å². The van der Waals surface area contributed by atoms with Gasteiger partial charge in [-0.1, -0.05) is 34.4 Å². The molecule has 6 nitrogen and oxygen atoms in total. The van der Waals surface area contributed by atoms with Crippen LogP contribution in [0.5, 0.6) is 0 Å². The standard InChI is InChI=1S/C23H21F3N2O4/c1-15-6-5-7-19(21(28-31-4)22(29)30-3)20(15)14-32-27-16(2)8-9-17-10-12-18(13-11-17)23(24,25)26/h5-7,10-13H,14H2,1-4H3/b27-16+,28-21+. The van der Waals surface area contributed by atoms with Crippen LogP contribution >= 0.6 is 0 Å². The number of methoxy groups -OCH3 is 1. The van der Waals surface area contributed by atoms with E-state index in [0.717, 1.165) is 17.7 Å². The van der Waals surface area contributed by atoms with E-state index < -0.39 is 17.7 Å². The molecule has 0 N–H and O–H groups in total. The van der Waals surface area contributed by atoms with Crippen LogP contribution in [0.3, 0.4) is 0 Å². The number of carbonyl (C=O) groups is 1. The van der Waals surface area contributed by atoms with Crippen LogP contribution in [0.1, 0.15) is 34.7 Å². The van der Waals surface area contributed by atoms with Crippen LogP contribution in [0.25, 0.3) is 0 Å². The molecule has 0 aliphatic carbocycles. The smallest absolute Gasteiger partial charge is 0.416 e. The molecule has 0 amide bonds. The van der Waals surface area contributed by atoms with Crippen LogP contribution in [0.15, 0.2) is 52.8 Å². The first kappa shape index (κ1) is 24.5. The number of esters is 1. The highest BCUT2D eigenvalue weighted by molar-refractivity contribution is 6.43. The number of benzene rings is 2. The lowest BCUT2D eigenvalue weighted by Gasteiger charge is -2.12. The summed E-state index contributed by atoms with van der Waals surface area (Å²) in [6.07, 6.45) is -4.40. The molecule has 0 aromatic heterocycles. The van der Waals surface area contributed by atoms with Crippen molar-refractivity contribution in [1.29, 1.82) is 0 Å². The second kappa shape index (κ2) is 11.0. The van der Waals surface area contributed by atoms with E-state index in [1.54, 1.807) is 19.1 Å². The highest BCUT2D eigenvalue weighted by atomic mass is 19.4. The maximum atomic E-state index is 12.6. The van der Waals surface area contributed by atoms with E-state index in [9.17, 15) is 18.0 Å². The zero-order valence-corrected chi connectivity index (χ0v) is 17.9. The van der Waals surface area contributed by atoms with E-state index in [-0.39, 0.29) is 12.3 Å². The summed E-state index contributed by atoms with van der Waals surface area (Å²) in [6.45, 7) is 3.45. The summed E-state index contributed by atoms with van der Waals surface area (Å²) < 4.78 is 42.6. The van der Waals surface area contributed by atoms with Gasteiger partial charge in [0.05, 0.1) is 12.7 Å². The van der Waals surface area contributed by atoms with Crippen molar-refractivity contribution in [3.8, 4) is 11.8 Å². The second-order valence-electron chi connectivity index (χ2n) is 6.49. The van der Waals surface area contributed by atoms with Crippen LogP contribution in [-0.2, 0) is 32.0 Å². The SMILES string of the molecule is CO/N=C(/C(=O)OC)c1cccc(C)c1CO/N=C(\C)C#Cc1ccc(C(F)(F)F)cc1. The quantitative estimate of drug-likeness (QED) is 0.284. The average Bonchev–Trinajstić information content (AvgIpc) is 2.76. The molecule has 0 unspecified atom stereocenters. The first-order valence-corrected chi connectivity index (χ1v) is 9.31. The van der Waals surface area contributed by atoms with E-state index in [0.29, 0.717) is 22.4 Å². The lowest BCUT2D eigenvalue weighted by Crippen LogP contribution is -2.20. The molecule has 9 heteroatoms. The molecule has 0 heterocycles. The minimum absolute atomic E-state index is 0.0138. The Morgan fingerprint density at radius 2 is 1.75 bits per heavy atom. The van der Waals surface area contributed by atoms with Crippen molar-refractivity contribution in [3.05, 3.63) is 70.3 Å². The Morgan fingerprint density at radius 3 is 2.34 bits per heavy atom. The van der Waals surface area contributed by atoms with Gasteiger partial charge in [0, 0.05) is 16.7 Å². The third kappa shape index (κ3) is 6.60. The van der Waals surface area contributed by atoms with Crippen molar-refractivity contribution in [2.24, 2.45) is 10.3 Å². The number of alkyl halides is 3. The fraction of sp³-hybridized carbons (Fsp3) is 0.261. The third-order valence-electron chi connectivity index (χ3n) is 4.24. The van der Waals surface area contributed by atoms with Gasteiger partial charge in [-0.3, -0.25) is 0 Å². The van der Waals surface area contributed by atoms with E-state index in [1.807, 2.05) is 13.0 Å². The van der Waals surface area contributed by atoms with Gasteiger partial charge in [-0.25, -0.2) is 4.79 Å². The van der Waals surface area contributed by atoms with Crippen molar-refractivity contribution < 1.29 is 32.4 Å². The molecule has 2 aromatic rings. The topological polar surface area (TPSA) is 69.5 Å². The van der Waals surface area contributed by atoms with Gasteiger partial charge in [0.1, 0.15) is 19.4 Å². The van der Waals surface area contributed by atoms with Crippen molar-refractivity contribution in [1.82, 2.24) is 0 Å². The second-order valence-corrected chi connectivity index (χ2v) is 6.49. The van der Waals surface area contributed by atoms with Gasteiger partial charge in [-0.05, 0) is 49.6 Å². The van der Waals surface area contributed by atoms with Gasteiger partial charge in [-0.2, -0.15) is 13.2 Å². The van der Waals surface area contributed by atoms with Crippen molar-refractivity contribution in [2.45, 2.75) is 26.6 Å². The summed E-state index contributed by atoms with van der Waals surface area (Å²) in [5, 5.41) is 7.67. The lowest BCUT2D eigenvalue weighted by atomic mass is 9.99. The van der Waals surface area contributed by atoms with Crippen LogP contribution in [-0.4, -0.2) is 31.6 Å². The Hall–Kier alpha value is -3.80. The Morgan fingerprint density at radius 1 is 1.06 bits per heavy atom. The average molecular weight is 446 g/mol. The molecular formula is C23H21F3N2O4. The Bertz CT molecular complexity index is 1080. The highest BCUT2D eigenvalue weighted by Crippen LogP contribution is 2.28. The van der Waals surface area contributed by atoms with E-state index in [2.05, 4.69) is 22.2 Å². The van der Waals surface area contributed by atoms with E-state index >= 15 is 0 Å². The molecule has 0 aliphatic heterocycles. The van der Waals surface area contributed by atoms with Crippen LogP contribution in [0, 0.1) is 18.8 Å². The number of hydrogen-bond donors (Lipinski definition) is 0. The van der Waals surface area contributed by atoms with Gasteiger partial charge < -0.3 is 14.4 Å². The Labute approximate surface area is 183 Å². The van der Waals surface area contributed by atoms with Gasteiger partial charge in [0.2, 0.25) is 0 Å². The molecule has 2 rings (SSSR count). The highest BCUT2D eigenvalue weighted by Gasteiger charge is 2.29. The first-order valence-electron chi connectivity index (χ1n) is 9.31. The summed E-state index contributed by atoms with van der Waals surface area (Å²) in [7, 11) is 2.56. The van der Waals surface area contributed by atoms with Crippen molar-refractivity contribution >= 4 is 17.4 Å². The molecule has 0 spiro atoms. The number of carbonyl (C=O) groups excluding carboxylic acids is 1. The summed E-state index contributed by atoms with van der Waals surface area (Å²) in [4.78, 5) is 22.2. The summed E-state index contributed by atoms with van der Waals surface area (Å²) in [5.41, 5.74) is 1.93. The Balaban J connectivity index is 2.16. The van der Waals surface area contributed by atoms with Crippen LogP contribution in [0.4, 0.5) is 13.2 Å². The maximum absolute atomic E-state index is 12.6. The fourth-order valence-corrected chi connectivity index (χ4v) is 2.62. The predicted molar refractivity (Wildman–Crippen MR) is 113 cm³/mol. The van der Waals surface area contributed by atoms with Gasteiger partial charge in [0.25, 0.3) is 0 Å². The number of halogens is 3. The number of hydrogen-bond acceptors (Lipinski definition) is 6. The lowest BCUT2D eigenvalue weighted by molar-refractivity contribution is -0.137. The minimum Gasteiger partial charge on any atom is -0.464 e. The number of ether oxygens (including phenoxy) is 1. The molecule has 0 bridgehead atoms. The zero-order chi connectivity index (χ0) is 23.7. The van der Waals surface area contributed by atoms with Gasteiger partial charge in [-0.15, -0.1) is 0 Å². The third-order valence-corrected chi connectivity index (χ3v) is 4.24. The van der Waals surface area contributed by atoms with Crippen molar-refractivity contribution in [3.63, 3.8) is 0 Å². The molecule has 0 atom stereocenters. The molecular weight excluding hydrogens is 425 g/mol. The Kier molecular flexibility index (Phi) is 8.41. The largest absolute Gasteiger partial charge is 0.464 e. The summed E-state index contributed by atoms with van der Waals surface area (Å²) in [5.74, 6) is 4.78. The maximum Gasteiger partial charge on any atom is 0.416 e. The molecule has 2 aromatic carbocycles. The molecule has 0 saturated carbocycles. The monoisotopic (exact) mass is 446 g/mol. The predicted octanol–water partition coefficient (Wildman–Crippen LogP) is 4.48. The molecule has 0 saturated heterocycles. The molecule has 32 heavy (non-hydrogen) atoms. The summed E-state index contributed by atoms with van der Waals surface area (Å²) in [6, 6.07) is 9.78. The van der Waals surface area contributed by atoms with Gasteiger partial charge in [0.15, 0.2) is 5.71 Å². The number of rotatable bonds is 6. The fourth-order valence-electron chi connectivity index (χ4n) is 2.62. The normalized spacial score (nSPS) is 12.0. The minimum atomic E-state index is -4.40. The number of aryl methyl sites for hydroxylation is 1. The van der Waals surface area contributed by atoms with Gasteiger partial charge >= 0.3 is 12.1 Å². The van der Waals surface area contributed by atoms with Crippen molar-refractivity contribution in [2.75, 3.05) is 14.2 Å². The first-order chi connectivity index (χ1) is 15.2. The molecule has 168 valence electrons. The molecule has 0 radical (unpaired) electrons. The van der Waals surface area contributed by atoms with Crippen LogP contribution < -0.4 is 0 Å². The van der Waals surface area contributed by atoms with E-state index in [4.69, 9.17) is 14.4 Å². The zero-order valence-electron chi connectivity index (χ0n) is 17.9. The summed E-state index contributed by atoms with van der Waals surface area (Å²) >= 11 is 0. The molecule has 0 fully saturated rings. The van der Waals surface area contributed by atoms with Crippen LogP contribution in [0.2, 0.25) is 0 Å².